The van der Waals surface area contributed by atoms with Crippen molar-refractivity contribution in [1.29, 1.82) is 0 Å². The van der Waals surface area contributed by atoms with Gasteiger partial charge in [0.2, 0.25) is 5.91 Å². The summed E-state index contributed by atoms with van der Waals surface area (Å²) in [6.07, 6.45) is 1.77. The Labute approximate surface area is 152 Å². The van der Waals surface area contributed by atoms with Gasteiger partial charge in [0.25, 0.3) is 0 Å². The Hall–Kier alpha value is -1.89. The van der Waals surface area contributed by atoms with Gasteiger partial charge in [-0.1, -0.05) is 0 Å². The monoisotopic (exact) mass is 367 g/mol. The fourth-order valence-corrected chi connectivity index (χ4v) is 3.83. The highest BCUT2D eigenvalue weighted by Crippen LogP contribution is 2.32. The minimum absolute atomic E-state index is 0.0198. The molecular formula is C18H25NO5S. The Morgan fingerprint density at radius 2 is 1.96 bits per heavy atom. The molecule has 1 aromatic rings. The average Bonchev–Trinajstić information content (AvgIpc) is 2.61. The van der Waals surface area contributed by atoms with Gasteiger partial charge in [-0.3, -0.25) is 9.59 Å². The number of benzene rings is 1. The second-order valence-corrected chi connectivity index (χ2v) is 7.29. The van der Waals surface area contributed by atoms with E-state index in [4.69, 9.17) is 9.47 Å². The number of likely N-dealkylation sites (tertiary alicyclic amines) is 1. The van der Waals surface area contributed by atoms with E-state index in [0.29, 0.717) is 36.6 Å². The number of carboxylic acids is 1. The molecule has 1 aliphatic heterocycles. The molecule has 0 saturated carbocycles. The van der Waals surface area contributed by atoms with Crippen molar-refractivity contribution in [2.24, 2.45) is 5.92 Å². The van der Waals surface area contributed by atoms with Crippen LogP contribution < -0.4 is 9.47 Å². The lowest BCUT2D eigenvalue weighted by molar-refractivity contribution is -0.147. The second-order valence-electron chi connectivity index (χ2n) is 6.12. The number of carboxylic acid groups (broad SMARTS) is 1. The quantitative estimate of drug-likeness (QED) is 0.747. The fraction of sp³-hybridized carbons (Fsp3) is 0.556. The molecule has 2 unspecified atom stereocenters. The lowest BCUT2D eigenvalue weighted by Crippen LogP contribution is -2.47. The third-order valence-electron chi connectivity index (χ3n) is 4.49. The van der Waals surface area contributed by atoms with Gasteiger partial charge >= 0.3 is 5.97 Å². The first-order valence-corrected chi connectivity index (χ1v) is 9.32. The Balaban J connectivity index is 1.88. The number of ether oxygens (including phenoxy) is 2. The maximum Gasteiger partial charge on any atom is 0.308 e. The third kappa shape index (κ3) is 5.04. The van der Waals surface area contributed by atoms with Gasteiger partial charge < -0.3 is 19.5 Å². The predicted molar refractivity (Wildman–Crippen MR) is 96.4 cm³/mol. The van der Waals surface area contributed by atoms with Crippen molar-refractivity contribution < 1.29 is 24.2 Å². The summed E-state index contributed by atoms with van der Waals surface area (Å²) in [4.78, 5) is 26.4. The van der Waals surface area contributed by atoms with Gasteiger partial charge in [-0.25, -0.2) is 0 Å². The van der Waals surface area contributed by atoms with Crippen molar-refractivity contribution in [1.82, 2.24) is 4.90 Å². The molecule has 138 valence electrons. The van der Waals surface area contributed by atoms with E-state index < -0.39 is 11.9 Å². The summed E-state index contributed by atoms with van der Waals surface area (Å²) in [5.74, 6) is 0.724. The number of rotatable bonds is 7. The Kier molecular flexibility index (Phi) is 6.99. The summed E-state index contributed by atoms with van der Waals surface area (Å²) >= 11 is 1.57. The van der Waals surface area contributed by atoms with Crippen LogP contribution in [0.15, 0.2) is 23.1 Å². The number of amides is 1. The van der Waals surface area contributed by atoms with E-state index >= 15 is 0 Å². The zero-order chi connectivity index (χ0) is 18.4. The van der Waals surface area contributed by atoms with Crippen molar-refractivity contribution in [2.75, 3.05) is 26.5 Å². The van der Waals surface area contributed by atoms with E-state index in [1.807, 2.05) is 25.1 Å². The standard InChI is InChI=1S/C18H25NO5S/c1-12-4-5-13(18(21)22)11-19(12)17(20)8-9-25-14-6-7-15(23-2)16(10-14)24-3/h6-7,10,12-13H,4-5,8-9,11H2,1-3H3,(H,21,22). The van der Waals surface area contributed by atoms with E-state index in [1.54, 1.807) is 30.9 Å². The van der Waals surface area contributed by atoms with Gasteiger partial charge in [0.05, 0.1) is 20.1 Å². The van der Waals surface area contributed by atoms with Crippen molar-refractivity contribution in [3.8, 4) is 11.5 Å². The summed E-state index contributed by atoms with van der Waals surface area (Å²) < 4.78 is 10.5. The summed E-state index contributed by atoms with van der Waals surface area (Å²) in [6, 6.07) is 5.76. The van der Waals surface area contributed by atoms with Crippen molar-refractivity contribution in [2.45, 2.75) is 37.1 Å². The molecule has 2 atom stereocenters. The first-order chi connectivity index (χ1) is 12.0. The minimum atomic E-state index is -0.815. The molecule has 0 spiro atoms. The van der Waals surface area contributed by atoms with Gasteiger partial charge in [0.1, 0.15) is 0 Å². The number of nitrogens with zero attached hydrogens (tertiary/aromatic N) is 1. The molecule has 1 N–H and O–H groups in total. The number of hydrogen-bond donors (Lipinski definition) is 1. The summed E-state index contributed by atoms with van der Waals surface area (Å²) in [5, 5.41) is 9.18. The van der Waals surface area contributed by atoms with Crippen LogP contribution in [0, 0.1) is 5.92 Å². The lowest BCUT2D eigenvalue weighted by Gasteiger charge is -2.36. The number of methoxy groups -OCH3 is 2. The number of aliphatic carboxylic acids is 1. The molecule has 1 amide bonds. The molecule has 2 rings (SSSR count). The van der Waals surface area contributed by atoms with Gasteiger partial charge in [0, 0.05) is 29.7 Å². The average molecular weight is 367 g/mol. The maximum absolute atomic E-state index is 12.5. The van der Waals surface area contributed by atoms with Crippen molar-refractivity contribution in [3.05, 3.63) is 18.2 Å². The SMILES string of the molecule is COc1ccc(SCCC(=O)N2CC(C(=O)O)CCC2C)cc1OC. The Bertz CT molecular complexity index is 621. The molecule has 0 radical (unpaired) electrons. The normalized spacial score (nSPS) is 20.2. The number of hydrogen-bond acceptors (Lipinski definition) is 5. The third-order valence-corrected chi connectivity index (χ3v) is 5.49. The van der Waals surface area contributed by atoms with Crippen LogP contribution in [0.4, 0.5) is 0 Å². The molecule has 6 nitrogen and oxygen atoms in total. The highest BCUT2D eigenvalue weighted by Gasteiger charge is 2.32. The van der Waals surface area contributed by atoms with Gasteiger partial charge in [-0.05, 0) is 38.0 Å². The van der Waals surface area contributed by atoms with Crippen molar-refractivity contribution >= 4 is 23.6 Å². The van der Waals surface area contributed by atoms with E-state index in [-0.39, 0.29) is 11.9 Å². The topological polar surface area (TPSA) is 76.1 Å². The number of carbonyl (C=O) groups excluding carboxylic acids is 1. The molecule has 25 heavy (non-hydrogen) atoms. The maximum atomic E-state index is 12.5. The molecule has 1 heterocycles. The molecule has 0 aliphatic carbocycles. The number of thioether (sulfide) groups is 1. The van der Waals surface area contributed by atoms with E-state index in [0.717, 1.165) is 11.3 Å². The molecule has 0 bridgehead atoms. The van der Waals surface area contributed by atoms with E-state index in [1.165, 1.54) is 0 Å². The summed E-state index contributed by atoms with van der Waals surface area (Å²) in [7, 11) is 3.18. The van der Waals surface area contributed by atoms with Crippen molar-refractivity contribution in [3.63, 3.8) is 0 Å². The highest BCUT2D eigenvalue weighted by atomic mass is 32.2. The van der Waals surface area contributed by atoms with Crippen LogP contribution in [0.2, 0.25) is 0 Å². The predicted octanol–water partition coefficient (Wildman–Crippen LogP) is 2.90. The van der Waals surface area contributed by atoms with Gasteiger partial charge in [-0.2, -0.15) is 0 Å². The molecule has 0 aromatic heterocycles. The summed E-state index contributed by atoms with van der Waals surface area (Å²) in [6.45, 7) is 2.30. The molecule has 1 fully saturated rings. The van der Waals surface area contributed by atoms with Crippen LogP contribution >= 0.6 is 11.8 Å². The first-order valence-electron chi connectivity index (χ1n) is 8.33. The molecule has 1 aromatic carbocycles. The van der Waals surface area contributed by atoms with Crippen LogP contribution in [-0.4, -0.2) is 54.4 Å². The molecular weight excluding hydrogens is 342 g/mol. The van der Waals surface area contributed by atoms with Gasteiger partial charge in [0.15, 0.2) is 11.5 Å². The number of carbonyl (C=O) groups is 2. The largest absolute Gasteiger partial charge is 0.493 e. The van der Waals surface area contributed by atoms with Crippen LogP contribution in [0.1, 0.15) is 26.2 Å². The molecule has 1 aliphatic rings. The Morgan fingerprint density at radius 1 is 1.24 bits per heavy atom. The number of piperidine rings is 1. The van der Waals surface area contributed by atoms with E-state index in [2.05, 4.69) is 0 Å². The van der Waals surface area contributed by atoms with Crippen LogP contribution in [-0.2, 0) is 9.59 Å². The highest BCUT2D eigenvalue weighted by molar-refractivity contribution is 7.99. The molecule has 7 heteroatoms. The summed E-state index contributed by atoms with van der Waals surface area (Å²) in [5.41, 5.74) is 0. The minimum Gasteiger partial charge on any atom is -0.493 e. The smallest absolute Gasteiger partial charge is 0.308 e. The van der Waals surface area contributed by atoms with Gasteiger partial charge in [-0.15, -0.1) is 11.8 Å². The zero-order valence-corrected chi connectivity index (χ0v) is 15.7. The van der Waals surface area contributed by atoms with Crippen LogP contribution in [0.25, 0.3) is 0 Å². The second kappa shape index (κ2) is 8.99. The van der Waals surface area contributed by atoms with Crippen LogP contribution in [0.5, 0.6) is 11.5 Å². The zero-order valence-electron chi connectivity index (χ0n) is 14.9. The fourth-order valence-electron chi connectivity index (χ4n) is 2.96. The first kappa shape index (κ1) is 19.4. The van der Waals surface area contributed by atoms with E-state index in [9.17, 15) is 14.7 Å². The lowest BCUT2D eigenvalue weighted by atomic mass is 9.93. The molecule has 1 saturated heterocycles. The van der Waals surface area contributed by atoms with Crippen LogP contribution in [0.3, 0.4) is 0 Å². The Morgan fingerprint density at radius 3 is 2.60 bits per heavy atom.